The molecule has 0 aromatic carbocycles. The predicted octanol–water partition coefficient (Wildman–Crippen LogP) is 1.05. The molecular formula is C10H9N3O2. The summed E-state index contributed by atoms with van der Waals surface area (Å²) in [4.78, 5) is 15.2. The van der Waals surface area contributed by atoms with Gasteiger partial charge in [0, 0.05) is 12.4 Å². The number of rotatable bonds is 2. The summed E-state index contributed by atoms with van der Waals surface area (Å²) < 4.78 is 6.07. The first-order chi connectivity index (χ1) is 7.31. The Morgan fingerprint density at radius 2 is 2.27 bits per heavy atom. The van der Waals surface area contributed by atoms with Gasteiger partial charge in [-0.05, 0) is 18.2 Å². The molecule has 0 unspecified atom stereocenters. The minimum atomic E-state index is -0.454. The van der Waals surface area contributed by atoms with Crippen molar-refractivity contribution >= 4 is 5.97 Å². The molecule has 15 heavy (non-hydrogen) atoms. The molecule has 76 valence electrons. The van der Waals surface area contributed by atoms with Crippen LogP contribution in [0.1, 0.15) is 10.5 Å². The zero-order valence-corrected chi connectivity index (χ0v) is 8.12. The van der Waals surface area contributed by atoms with Crippen molar-refractivity contribution in [3.63, 3.8) is 0 Å². The van der Waals surface area contributed by atoms with Crippen molar-refractivity contribution in [1.29, 1.82) is 0 Å². The van der Waals surface area contributed by atoms with E-state index in [4.69, 9.17) is 0 Å². The van der Waals surface area contributed by atoms with E-state index in [2.05, 4.69) is 14.8 Å². The minimum Gasteiger partial charge on any atom is -0.464 e. The third-order valence-electron chi connectivity index (χ3n) is 1.87. The van der Waals surface area contributed by atoms with Crippen molar-refractivity contribution in [2.45, 2.75) is 0 Å². The average Bonchev–Trinajstić information content (AvgIpc) is 2.78. The maximum absolute atomic E-state index is 11.1. The molecule has 0 aliphatic carbocycles. The molecule has 0 aliphatic heterocycles. The highest BCUT2D eigenvalue weighted by atomic mass is 16.5. The second kappa shape index (κ2) is 3.91. The first kappa shape index (κ1) is 9.39. The molecular weight excluding hydrogens is 194 g/mol. The molecule has 2 rings (SSSR count). The Labute approximate surface area is 86.3 Å². The summed E-state index contributed by atoms with van der Waals surface area (Å²) in [6.07, 6.45) is 3.32. The molecule has 0 saturated heterocycles. The second-order valence-electron chi connectivity index (χ2n) is 2.83. The molecule has 0 amide bonds. The summed E-state index contributed by atoms with van der Waals surface area (Å²) in [5, 5.41) is 4.03. The number of aromatic nitrogens is 3. The Balaban J connectivity index is 2.32. The summed E-state index contributed by atoms with van der Waals surface area (Å²) in [7, 11) is 1.32. The van der Waals surface area contributed by atoms with Crippen LogP contribution in [0.3, 0.4) is 0 Å². The summed E-state index contributed by atoms with van der Waals surface area (Å²) in [6, 6.07) is 7.05. The first-order valence-electron chi connectivity index (χ1n) is 4.36. The molecule has 5 nitrogen and oxygen atoms in total. The van der Waals surface area contributed by atoms with Crippen molar-refractivity contribution in [2.24, 2.45) is 0 Å². The number of hydrogen-bond donors (Lipinski definition) is 0. The maximum Gasteiger partial charge on any atom is 0.358 e. The standard InChI is InChI=1S/C10H9N3O2/c1-15-10(14)8-5-7-13(12-8)9-4-2-3-6-11-9/h2-7H,1H3. The number of esters is 1. The smallest absolute Gasteiger partial charge is 0.358 e. The highest BCUT2D eigenvalue weighted by molar-refractivity contribution is 5.86. The lowest BCUT2D eigenvalue weighted by molar-refractivity contribution is 0.0593. The van der Waals surface area contributed by atoms with Crippen molar-refractivity contribution in [3.05, 3.63) is 42.4 Å². The minimum absolute atomic E-state index is 0.267. The SMILES string of the molecule is COC(=O)c1ccn(-c2ccccn2)n1. The van der Waals surface area contributed by atoms with Crippen LogP contribution >= 0.6 is 0 Å². The van der Waals surface area contributed by atoms with E-state index < -0.39 is 5.97 Å². The molecule has 0 fully saturated rings. The van der Waals surface area contributed by atoms with Crippen LogP contribution in [-0.2, 0) is 4.74 Å². The van der Waals surface area contributed by atoms with Crippen LogP contribution in [-0.4, -0.2) is 27.8 Å². The van der Waals surface area contributed by atoms with Gasteiger partial charge in [0.1, 0.15) is 0 Å². The fraction of sp³-hybridized carbons (Fsp3) is 0.100. The maximum atomic E-state index is 11.1. The fourth-order valence-corrected chi connectivity index (χ4v) is 1.15. The van der Waals surface area contributed by atoms with E-state index in [1.54, 1.807) is 24.5 Å². The summed E-state index contributed by atoms with van der Waals surface area (Å²) >= 11 is 0. The van der Waals surface area contributed by atoms with Crippen LogP contribution in [0.5, 0.6) is 0 Å². The summed E-state index contributed by atoms with van der Waals surface area (Å²) in [5.74, 6) is 0.206. The van der Waals surface area contributed by atoms with E-state index in [9.17, 15) is 4.79 Å². The van der Waals surface area contributed by atoms with Crippen LogP contribution in [0, 0.1) is 0 Å². The van der Waals surface area contributed by atoms with E-state index >= 15 is 0 Å². The van der Waals surface area contributed by atoms with Crippen LogP contribution in [0.4, 0.5) is 0 Å². The normalized spacial score (nSPS) is 9.93. The predicted molar refractivity (Wildman–Crippen MR) is 52.7 cm³/mol. The number of ether oxygens (including phenoxy) is 1. The fourth-order valence-electron chi connectivity index (χ4n) is 1.15. The van der Waals surface area contributed by atoms with Gasteiger partial charge in [0.05, 0.1) is 7.11 Å². The third-order valence-corrected chi connectivity index (χ3v) is 1.87. The Morgan fingerprint density at radius 1 is 1.40 bits per heavy atom. The molecule has 2 aromatic heterocycles. The molecule has 0 atom stereocenters. The number of hydrogen-bond acceptors (Lipinski definition) is 4. The number of carbonyl (C=O) groups is 1. The van der Waals surface area contributed by atoms with Crippen molar-refractivity contribution in [2.75, 3.05) is 7.11 Å². The quantitative estimate of drug-likeness (QED) is 0.684. The van der Waals surface area contributed by atoms with Gasteiger partial charge in [0.15, 0.2) is 11.5 Å². The third kappa shape index (κ3) is 1.85. The van der Waals surface area contributed by atoms with Gasteiger partial charge >= 0.3 is 5.97 Å². The van der Waals surface area contributed by atoms with E-state index in [1.165, 1.54) is 11.8 Å². The number of carbonyl (C=O) groups excluding carboxylic acids is 1. The van der Waals surface area contributed by atoms with Gasteiger partial charge in [-0.1, -0.05) is 6.07 Å². The lowest BCUT2D eigenvalue weighted by Gasteiger charge is -1.97. The lowest BCUT2D eigenvalue weighted by Crippen LogP contribution is -2.04. The van der Waals surface area contributed by atoms with Crippen LogP contribution < -0.4 is 0 Å². The molecule has 2 heterocycles. The van der Waals surface area contributed by atoms with Gasteiger partial charge in [-0.3, -0.25) is 0 Å². The van der Waals surface area contributed by atoms with E-state index in [0.717, 1.165) is 0 Å². The number of nitrogens with zero attached hydrogens (tertiary/aromatic N) is 3. The second-order valence-corrected chi connectivity index (χ2v) is 2.83. The summed E-state index contributed by atoms with van der Waals surface area (Å²) in [5.41, 5.74) is 0.267. The molecule has 0 N–H and O–H groups in total. The molecule has 0 bridgehead atoms. The van der Waals surface area contributed by atoms with E-state index in [-0.39, 0.29) is 5.69 Å². The highest BCUT2D eigenvalue weighted by Gasteiger charge is 2.09. The van der Waals surface area contributed by atoms with Crippen LogP contribution in [0.2, 0.25) is 0 Å². The molecule has 0 saturated carbocycles. The zero-order chi connectivity index (χ0) is 10.7. The number of methoxy groups -OCH3 is 1. The van der Waals surface area contributed by atoms with Crippen LogP contribution in [0.25, 0.3) is 5.82 Å². The Bertz CT molecular complexity index is 465. The number of pyridine rings is 1. The molecule has 0 aliphatic rings. The van der Waals surface area contributed by atoms with Gasteiger partial charge in [-0.25, -0.2) is 14.5 Å². The van der Waals surface area contributed by atoms with Crippen molar-refractivity contribution in [1.82, 2.24) is 14.8 Å². The van der Waals surface area contributed by atoms with E-state index in [1.807, 2.05) is 12.1 Å². The Morgan fingerprint density at radius 3 is 2.93 bits per heavy atom. The van der Waals surface area contributed by atoms with Gasteiger partial charge in [-0.2, -0.15) is 5.10 Å². The summed E-state index contributed by atoms with van der Waals surface area (Å²) in [6.45, 7) is 0. The van der Waals surface area contributed by atoms with E-state index in [0.29, 0.717) is 5.82 Å². The topological polar surface area (TPSA) is 57.0 Å². The Hall–Kier alpha value is -2.17. The van der Waals surface area contributed by atoms with Gasteiger partial charge in [-0.15, -0.1) is 0 Å². The Kier molecular flexibility index (Phi) is 2.45. The van der Waals surface area contributed by atoms with Crippen molar-refractivity contribution in [3.8, 4) is 5.82 Å². The van der Waals surface area contributed by atoms with Crippen molar-refractivity contribution < 1.29 is 9.53 Å². The molecule has 5 heteroatoms. The highest BCUT2D eigenvalue weighted by Crippen LogP contribution is 2.04. The molecule has 0 radical (unpaired) electrons. The monoisotopic (exact) mass is 203 g/mol. The zero-order valence-electron chi connectivity index (χ0n) is 8.12. The molecule has 2 aromatic rings. The average molecular weight is 203 g/mol. The van der Waals surface area contributed by atoms with Crippen LogP contribution in [0.15, 0.2) is 36.7 Å². The largest absolute Gasteiger partial charge is 0.464 e. The first-order valence-corrected chi connectivity index (χ1v) is 4.36. The van der Waals surface area contributed by atoms with Gasteiger partial charge in [0.2, 0.25) is 0 Å². The van der Waals surface area contributed by atoms with Gasteiger partial charge in [0.25, 0.3) is 0 Å². The lowest BCUT2D eigenvalue weighted by atomic mass is 10.4. The van der Waals surface area contributed by atoms with Gasteiger partial charge < -0.3 is 4.74 Å². The molecule has 0 spiro atoms.